The topological polar surface area (TPSA) is 99.2 Å². The van der Waals surface area contributed by atoms with Crippen LogP contribution in [-0.4, -0.2) is 38.7 Å². The molecule has 1 aromatic carbocycles. The van der Waals surface area contributed by atoms with Crippen molar-refractivity contribution in [3.63, 3.8) is 0 Å². The lowest BCUT2D eigenvalue weighted by Crippen LogP contribution is -2.34. The summed E-state index contributed by atoms with van der Waals surface area (Å²) in [5.41, 5.74) is 1.43. The minimum absolute atomic E-state index is 0.0251. The fourth-order valence-corrected chi connectivity index (χ4v) is 1.77. The molecule has 1 heterocycles. The smallest absolute Gasteiger partial charge is 0.305 e. The number of aliphatic carboxylic acids is 1. The first-order valence-corrected chi connectivity index (χ1v) is 6.03. The number of hydrogen-bond acceptors (Lipinski definition) is 4. The summed E-state index contributed by atoms with van der Waals surface area (Å²) in [6.07, 6.45) is 1.10. The second kappa shape index (κ2) is 5.96. The number of amides is 1. The first-order chi connectivity index (χ1) is 9.58. The minimum atomic E-state index is -0.980. The van der Waals surface area contributed by atoms with Crippen LogP contribution in [0.4, 0.5) is 5.95 Å². The van der Waals surface area contributed by atoms with E-state index in [4.69, 9.17) is 5.11 Å². The highest BCUT2D eigenvalue weighted by Crippen LogP contribution is 2.13. The Balaban J connectivity index is 2.26. The highest BCUT2D eigenvalue weighted by Gasteiger charge is 2.20. The van der Waals surface area contributed by atoms with E-state index in [1.54, 1.807) is 18.2 Å². The number of carbonyl (C=O) groups is 2. The SMILES string of the molecule is Cc1cccc(C(=O)N(CCC(=O)O)c2ncn[nH]2)c1. The molecule has 0 saturated carbocycles. The summed E-state index contributed by atoms with van der Waals surface area (Å²) in [6.45, 7) is 1.91. The van der Waals surface area contributed by atoms with E-state index in [1.165, 1.54) is 11.2 Å². The van der Waals surface area contributed by atoms with Crippen LogP contribution in [0.5, 0.6) is 0 Å². The molecule has 2 N–H and O–H groups in total. The van der Waals surface area contributed by atoms with Gasteiger partial charge in [0.05, 0.1) is 6.42 Å². The molecule has 104 valence electrons. The van der Waals surface area contributed by atoms with Crippen molar-refractivity contribution in [3.05, 3.63) is 41.7 Å². The Hall–Kier alpha value is -2.70. The Bertz CT molecular complexity index is 610. The number of nitrogens with one attached hydrogen (secondary N) is 1. The first-order valence-electron chi connectivity index (χ1n) is 6.03. The third kappa shape index (κ3) is 3.19. The van der Waals surface area contributed by atoms with Crippen molar-refractivity contribution in [2.45, 2.75) is 13.3 Å². The number of rotatable bonds is 5. The summed E-state index contributed by atoms with van der Waals surface area (Å²) < 4.78 is 0. The van der Waals surface area contributed by atoms with Gasteiger partial charge in [-0.15, -0.1) is 0 Å². The molecule has 1 amide bonds. The maximum absolute atomic E-state index is 12.5. The van der Waals surface area contributed by atoms with Crippen molar-refractivity contribution in [1.82, 2.24) is 15.2 Å². The highest BCUT2D eigenvalue weighted by molar-refractivity contribution is 6.05. The molecule has 0 radical (unpaired) electrons. The maximum Gasteiger partial charge on any atom is 0.305 e. The zero-order chi connectivity index (χ0) is 14.5. The summed E-state index contributed by atoms with van der Waals surface area (Å²) in [7, 11) is 0. The number of nitrogens with zero attached hydrogens (tertiary/aromatic N) is 3. The van der Waals surface area contributed by atoms with Gasteiger partial charge in [0.2, 0.25) is 5.95 Å². The van der Waals surface area contributed by atoms with Crippen LogP contribution in [0.2, 0.25) is 0 Å². The van der Waals surface area contributed by atoms with Crippen LogP contribution in [0, 0.1) is 6.92 Å². The maximum atomic E-state index is 12.5. The molecule has 1 aromatic heterocycles. The van der Waals surface area contributed by atoms with E-state index in [0.29, 0.717) is 5.56 Å². The van der Waals surface area contributed by atoms with E-state index in [1.807, 2.05) is 13.0 Å². The Morgan fingerprint density at radius 2 is 2.20 bits per heavy atom. The average molecular weight is 274 g/mol. The van der Waals surface area contributed by atoms with Crippen LogP contribution in [0.3, 0.4) is 0 Å². The molecule has 20 heavy (non-hydrogen) atoms. The van der Waals surface area contributed by atoms with Crippen LogP contribution in [0.1, 0.15) is 22.3 Å². The molecular formula is C13H14N4O3. The van der Waals surface area contributed by atoms with Gasteiger partial charge in [0.25, 0.3) is 5.91 Å². The van der Waals surface area contributed by atoms with Gasteiger partial charge in [0, 0.05) is 12.1 Å². The largest absolute Gasteiger partial charge is 0.481 e. The normalized spacial score (nSPS) is 10.2. The number of H-pyrrole nitrogens is 1. The lowest BCUT2D eigenvalue weighted by molar-refractivity contribution is -0.136. The Labute approximate surface area is 115 Å². The highest BCUT2D eigenvalue weighted by atomic mass is 16.4. The second-order valence-electron chi connectivity index (χ2n) is 4.28. The number of aromatic nitrogens is 3. The molecule has 7 heteroatoms. The molecular weight excluding hydrogens is 260 g/mol. The van der Waals surface area contributed by atoms with Crippen LogP contribution in [0.15, 0.2) is 30.6 Å². The number of carboxylic acid groups (broad SMARTS) is 1. The van der Waals surface area contributed by atoms with Gasteiger partial charge >= 0.3 is 5.97 Å². The van der Waals surface area contributed by atoms with E-state index in [0.717, 1.165) is 5.56 Å². The lowest BCUT2D eigenvalue weighted by Gasteiger charge is -2.18. The molecule has 0 atom stereocenters. The molecule has 7 nitrogen and oxygen atoms in total. The molecule has 0 aliphatic rings. The molecule has 0 unspecified atom stereocenters. The van der Waals surface area contributed by atoms with E-state index in [2.05, 4.69) is 15.2 Å². The van der Waals surface area contributed by atoms with Gasteiger partial charge < -0.3 is 5.11 Å². The molecule has 0 bridgehead atoms. The zero-order valence-corrected chi connectivity index (χ0v) is 10.9. The fourth-order valence-electron chi connectivity index (χ4n) is 1.77. The van der Waals surface area contributed by atoms with Gasteiger partial charge in [-0.05, 0) is 19.1 Å². The van der Waals surface area contributed by atoms with Gasteiger partial charge in [-0.25, -0.2) is 5.10 Å². The van der Waals surface area contributed by atoms with Crippen molar-refractivity contribution in [1.29, 1.82) is 0 Å². The van der Waals surface area contributed by atoms with Gasteiger partial charge in [0.1, 0.15) is 6.33 Å². The summed E-state index contributed by atoms with van der Waals surface area (Å²) >= 11 is 0. The summed E-state index contributed by atoms with van der Waals surface area (Å²) in [6, 6.07) is 7.08. The number of carboxylic acids is 1. The third-order valence-corrected chi connectivity index (χ3v) is 2.72. The first kappa shape index (κ1) is 13.7. The predicted octanol–water partition coefficient (Wildman–Crippen LogP) is 1.23. The molecule has 2 rings (SSSR count). The van der Waals surface area contributed by atoms with Gasteiger partial charge in [0.15, 0.2) is 0 Å². The summed E-state index contributed by atoms with van der Waals surface area (Å²) in [4.78, 5) is 28.3. The molecule has 0 spiro atoms. The standard InChI is InChI=1S/C13H14N4O3/c1-9-3-2-4-10(7-9)12(20)17(6-5-11(18)19)13-14-8-15-16-13/h2-4,7-8H,5-6H2,1H3,(H,18,19)(H,14,15,16). The quantitative estimate of drug-likeness (QED) is 0.854. The third-order valence-electron chi connectivity index (χ3n) is 2.72. The monoisotopic (exact) mass is 274 g/mol. The van der Waals surface area contributed by atoms with Crippen molar-refractivity contribution in [3.8, 4) is 0 Å². The predicted molar refractivity (Wildman–Crippen MR) is 71.5 cm³/mol. The number of aryl methyl sites for hydroxylation is 1. The molecule has 0 fully saturated rings. The number of aromatic amines is 1. The number of carbonyl (C=O) groups excluding carboxylic acids is 1. The van der Waals surface area contributed by atoms with E-state index >= 15 is 0 Å². The van der Waals surface area contributed by atoms with Crippen molar-refractivity contribution >= 4 is 17.8 Å². The Morgan fingerprint density at radius 1 is 1.40 bits per heavy atom. The van der Waals surface area contributed by atoms with Gasteiger partial charge in [-0.3, -0.25) is 14.5 Å². The molecule has 0 aliphatic heterocycles. The van der Waals surface area contributed by atoms with Gasteiger partial charge in [-0.2, -0.15) is 10.1 Å². The van der Waals surface area contributed by atoms with E-state index in [-0.39, 0.29) is 24.8 Å². The van der Waals surface area contributed by atoms with Crippen LogP contribution in [0.25, 0.3) is 0 Å². The molecule has 0 aliphatic carbocycles. The number of benzene rings is 1. The fraction of sp³-hybridized carbons (Fsp3) is 0.231. The van der Waals surface area contributed by atoms with Crippen molar-refractivity contribution < 1.29 is 14.7 Å². The Morgan fingerprint density at radius 3 is 2.80 bits per heavy atom. The minimum Gasteiger partial charge on any atom is -0.481 e. The van der Waals surface area contributed by atoms with E-state index in [9.17, 15) is 9.59 Å². The second-order valence-corrected chi connectivity index (χ2v) is 4.28. The van der Waals surface area contributed by atoms with Crippen LogP contribution < -0.4 is 4.90 Å². The number of hydrogen-bond donors (Lipinski definition) is 2. The molecule has 0 saturated heterocycles. The summed E-state index contributed by atoms with van der Waals surface area (Å²) in [5.74, 6) is -1.06. The van der Waals surface area contributed by atoms with Gasteiger partial charge in [-0.1, -0.05) is 17.7 Å². The van der Waals surface area contributed by atoms with Crippen LogP contribution >= 0.6 is 0 Å². The average Bonchev–Trinajstić information content (AvgIpc) is 2.92. The molecule has 2 aromatic rings. The van der Waals surface area contributed by atoms with Crippen LogP contribution in [-0.2, 0) is 4.79 Å². The number of anilines is 1. The van der Waals surface area contributed by atoms with E-state index < -0.39 is 5.97 Å². The van der Waals surface area contributed by atoms with Crippen molar-refractivity contribution in [2.75, 3.05) is 11.4 Å². The summed E-state index contributed by atoms with van der Waals surface area (Å²) in [5, 5.41) is 15.0. The zero-order valence-electron chi connectivity index (χ0n) is 10.9. The Kier molecular flexibility index (Phi) is 4.09. The van der Waals surface area contributed by atoms with Crippen molar-refractivity contribution in [2.24, 2.45) is 0 Å². The lowest BCUT2D eigenvalue weighted by atomic mass is 10.1.